The number of hydrogen-bond acceptors (Lipinski definition) is 3. The van der Waals surface area contributed by atoms with E-state index in [1.807, 2.05) is 26.0 Å². The largest absolute Gasteiger partial charge is 0.432 e. The fourth-order valence-corrected chi connectivity index (χ4v) is 1.18. The molecule has 0 aromatic heterocycles. The molecule has 0 spiro atoms. The van der Waals surface area contributed by atoms with Crippen LogP contribution in [-0.2, 0) is 9.47 Å². The van der Waals surface area contributed by atoms with Gasteiger partial charge in [0.15, 0.2) is 6.29 Å². The van der Waals surface area contributed by atoms with E-state index < -0.39 is 6.29 Å². The highest BCUT2D eigenvalue weighted by molar-refractivity contribution is 5.89. The molecule has 0 fully saturated rings. The van der Waals surface area contributed by atoms with Gasteiger partial charge in [0.2, 0.25) is 0 Å². The zero-order valence-electron chi connectivity index (χ0n) is 9.32. The molecule has 1 unspecified atom stereocenters. The third kappa shape index (κ3) is 3.72. The van der Waals surface area contributed by atoms with Crippen LogP contribution in [0.5, 0.6) is 0 Å². The van der Waals surface area contributed by atoms with Crippen LogP contribution in [0.3, 0.4) is 0 Å². The predicted octanol–water partition coefficient (Wildman–Crippen LogP) is 2.53. The average molecular weight is 208 g/mol. The Morgan fingerprint density at radius 1 is 1.33 bits per heavy atom. The van der Waals surface area contributed by atoms with Gasteiger partial charge in [-0.2, -0.15) is 0 Å². The predicted molar refractivity (Wildman–Crippen MR) is 57.7 cm³/mol. The molecule has 1 rings (SSSR count). The lowest BCUT2D eigenvalue weighted by Gasteiger charge is -2.12. The lowest BCUT2D eigenvalue weighted by molar-refractivity contribution is -0.0940. The molecule has 3 heteroatoms. The molecule has 0 N–H and O–H groups in total. The Labute approximate surface area is 90.0 Å². The molecule has 0 saturated carbocycles. The van der Waals surface area contributed by atoms with Crippen molar-refractivity contribution in [3.8, 4) is 0 Å². The summed E-state index contributed by atoms with van der Waals surface area (Å²) in [5, 5.41) is 0. The van der Waals surface area contributed by atoms with E-state index in [2.05, 4.69) is 0 Å². The molecule has 15 heavy (non-hydrogen) atoms. The lowest BCUT2D eigenvalue weighted by Crippen LogP contribution is -2.18. The van der Waals surface area contributed by atoms with Gasteiger partial charge < -0.3 is 9.47 Å². The smallest absolute Gasteiger partial charge is 0.340 e. The standard InChI is InChI=1S/C12H16O3/c1-4-14-10(3)15-12(13)11-7-5-9(2)6-8-11/h5-8,10H,4H2,1-3H3. The first-order valence-corrected chi connectivity index (χ1v) is 5.02. The second-order valence-corrected chi connectivity index (χ2v) is 3.29. The summed E-state index contributed by atoms with van der Waals surface area (Å²) in [7, 11) is 0. The summed E-state index contributed by atoms with van der Waals surface area (Å²) >= 11 is 0. The number of aryl methyl sites for hydroxylation is 1. The third-order valence-electron chi connectivity index (χ3n) is 1.96. The first-order chi connectivity index (χ1) is 7.13. The second kappa shape index (κ2) is 5.51. The molecule has 0 aliphatic heterocycles. The molecule has 82 valence electrons. The summed E-state index contributed by atoms with van der Waals surface area (Å²) in [6.45, 7) is 6.06. The zero-order chi connectivity index (χ0) is 11.3. The average Bonchev–Trinajstić information content (AvgIpc) is 2.18. The first kappa shape index (κ1) is 11.7. The maximum atomic E-state index is 11.5. The Morgan fingerprint density at radius 3 is 2.47 bits per heavy atom. The molecule has 1 atom stereocenters. The molecule has 0 saturated heterocycles. The van der Waals surface area contributed by atoms with Crippen LogP contribution >= 0.6 is 0 Å². The Morgan fingerprint density at radius 2 is 1.93 bits per heavy atom. The molecular weight excluding hydrogens is 192 g/mol. The van der Waals surface area contributed by atoms with Gasteiger partial charge in [0.05, 0.1) is 5.56 Å². The molecule has 0 aliphatic carbocycles. The molecule has 0 aliphatic rings. The Kier molecular flexibility index (Phi) is 4.31. The van der Waals surface area contributed by atoms with E-state index in [4.69, 9.17) is 9.47 Å². The minimum absolute atomic E-state index is 0.351. The highest BCUT2D eigenvalue weighted by atomic mass is 16.7. The van der Waals surface area contributed by atoms with Crippen LogP contribution in [0.15, 0.2) is 24.3 Å². The second-order valence-electron chi connectivity index (χ2n) is 3.29. The molecule has 3 nitrogen and oxygen atoms in total. The van der Waals surface area contributed by atoms with Crippen LogP contribution in [0.4, 0.5) is 0 Å². The van der Waals surface area contributed by atoms with Gasteiger partial charge in [0.25, 0.3) is 0 Å². The minimum atomic E-state index is -0.496. The van der Waals surface area contributed by atoms with Crippen molar-refractivity contribution in [3.63, 3.8) is 0 Å². The van der Waals surface area contributed by atoms with Gasteiger partial charge in [-0.3, -0.25) is 0 Å². The third-order valence-corrected chi connectivity index (χ3v) is 1.96. The van der Waals surface area contributed by atoms with Crippen LogP contribution in [0.1, 0.15) is 29.8 Å². The molecule has 1 aromatic carbocycles. The fraction of sp³-hybridized carbons (Fsp3) is 0.417. The fourth-order valence-electron chi connectivity index (χ4n) is 1.18. The quantitative estimate of drug-likeness (QED) is 0.563. The summed E-state index contributed by atoms with van der Waals surface area (Å²) in [6.07, 6.45) is -0.496. The van der Waals surface area contributed by atoms with Crippen LogP contribution in [0.2, 0.25) is 0 Å². The Hall–Kier alpha value is -1.35. The maximum absolute atomic E-state index is 11.5. The van der Waals surface area contributed by atoms with Crippen molar-refractivity contribution in [2.75, 3.05) is 6.61 Å². The van der Waals surface area contributed by atoms with Crippen LogP contribution < -0.4 is 0 Å². The van der Waals surface area contributed by atoms with E-state index in [0.29, 0.717) is 12.2 Å². The highest BCUT2D eigenvalue weighted by Crippen LogP contribution is 2.06. The highest BCUT2D eigenvalue weighted by Gasteiger charge is 2.10. The van der Waals surface area contributed by atoms with Crippen LogP contribution in [-0.4, -0.2) is 18.9 Å². The number of carbonyl (C=O) groups is 1. The van der Waals surface area contributed by atoms with Gasteiger partial charge in [0, 0.05) is 6.61 Å². The molecule has 0 amide bonds. The van der Waals surface area contributed by atoms with Gasteiger partial charge in [-0.25, -0.2) is 4.79 Å². The number of rotatable bonds is 4. The van der Waals surface area contributed by atoms with E-state index in [9.17, 15) is 4.79 Å². The van der Waals surface area contributed by atoms with Crippen molar-refractivity contribution in [1.82, 2.24) is 0 Å². The number of carbonyl (C=O) groups excluding carboxylic acids is 1. The Bertz CT molecular complexity index is 316. The van der Waals surface area contributed by atoms with Crippen molar-refractivity contribution >= 4 is 5.97 Å². The molecule has 1 aromatic rings. The maximum Gasteiger partial charge on any atom is 0.340 e. The summed E-state index contributed by atoms with van der Waals surface area (Å²) in [5.41, 5.74) is 1.66. The topological polar surface area (TPSA) is 35.5 Å². The van der Waals surface area contributed by atoms with Crippen molar-refractivity contribution < 1.29 is 14.3 Å². The van der Waals surface area contributed by atoms with Crippen molar-refractivity contribution in [1.29, 1.82) is 0 Å². The van der Waals surface area contributed by atoms with Crippen molar-refractivity contribution in [2.45, 2.75) is 27.1 Å². The van der Waals surface area contributed by atoms with Crippen molar-refractivity contribution in [3.05, 3.63) is 35.4 Å². The zero-order valence-corrected chi connectivity index (χ0v) is 9.32. The van der Waals surface area contributed by atoms with E-state index in [1.165, 1.54) is 0 Å². The molecule has 0 radical (unpaired) electrons. The monoisotopic (exact) mass is 208 g/mol. The summed E-state index contributed by atoms with van der Waals surface area (Å²) in [4.78, 5) is 11.5. The van der Waals surface area contributed by atoms with Gasteiger partial charge >= 0.3 is 5.97 Å². The Balaban J connectivity index is 2.57. The van der Waals surface area contributed by atoms with Crippen LogP contribution in [0, 0.1) is 6.92 Å². The van der Waals surface area contributed by atoms with Gasteiger partial charge in [-0.1, -0.05) is 17.7 Å². The van der Waals surface area contributed by atoms with E-state index in [0.717, 1.165) is 5.56 Å². The summed E-state index contributed by atoms with van der Waals surface area (Å²) in [5.74, 6) is -0.351. The normalized spacial score (nSPS) is 12.2. The van der Waals surface area contributed by atoms with Crippen LogP contribution in [0.25, 0.3) is 0 Å². The van der Waals surface area contributed by atoms with Gasteiger partial charge in [-0.15, -0.1) is 0 Å². The van der Waals surface area contributed by atoms with E-state index in [-0.39, 0.29) is 5.97 Å². The molecule has 0 bridgehead atoms. The number of ether oxygens (including phenoxy) is 2. The van der Waals surface area contributed by atoms with E-state index >= 15 is 0 Å². The SMILES string of the molecule is CCOC(C)OC(=O)c1ccc(C)cc1. The number of benzene rings is 1. The van der Waals surface area contributed by atoms with Gasteiger partial charge in [-0.05, 0) is 32.9 Å². The number of hydrogen-bond donors (Lipinski definition) is 0. The number of esters is 1. The molecule has 0 heterocycles. The lowest BCUT2D eigenvalue weighted by atomic mass is 10.1. The minimum Gasteiger partial charge on any atom is -0.432 e. The molecular formula is C12H16O3. The van der Waals surface area contributed by atoms with Gasteiger partial charge in [0.1, 0.15) is 0 Å². The first-order valence-electron chi connectivity index (χ1n) is 5.02. The van der Waals surface area contributed by atoms with E-state index in [1.54, 1.807) is 19.1 Å². The summed E-state index contributed by atoms with van der Waals surface area (Å²) < 4.78 is 10.2. The van der Waals surface area contributed by atoms with Crippen molar-refractivity contribution in [2.24, 2.45) is 0 Å². The summed E-state index contributed by atoms with van der Waals surface area (Å²) in [6, 6.07) is 7.25.